The summed E-state index contributed by atoms with van der Waals surface area (Å²) in [6.45, 7) is 10.3. The van der Waals surface area contributed by atoms with Crippen LogP contribution in [0, 0.1) is 34.5 Å². The third kappa shape index (κ3) is 11.5. The number of hydrogen-bond acceptors (Lipinski definition) is 0. The van der Waals surface area contributed by atoms with Crippen molar-refractivity contribution in [3.05, 3.63) is 313 Å². The fraction of sp³-hybridized carbons (Fsp3) is 0.160. The number of rotatable bonds is 5. The molecule has 0 bridgehead atoms. The quantitative estimate of drug-likeness (QED) is 0.154. The Bertz CT molecular complexity index is 7220. The number of aromatic nitrogens is 8. The van der Waals surface area contributed by atoms with E-state index in [-0.39, 0.29) is 0 Å². The van der Waals surface area contributed by atoms with Crippen molar-refractivity contribution in [1.29, 1.82) is 0 Å². The minimum Gasteiger partial charge on any atom is -0.339 e. The maximum Gasteiger partial charge on any atom is 0.239 e. The number of hydrogen-bond donors (Lipinski definition) is 0. The summed E-state index contributed by atoms with van der Waals surface area (Å²) in [5, 5.41) is 17.8. The van der Waals surface area contributed by atoms with Crippen LogP contribution in [0.1, 0.15) is 58.6 Å². The lowest BCUT2D eigenvalue weighted by Gasteiger charge is -2.07. The van der Waals surface area contributed by atoms with E-state index in [1.54, 1.807) is 12.1 Å². The first kappa shape index (κ1) is 63.9. The summed E-state index contributed by atoms with van der Waals surface area (Å²) in [5.41, 5.74) is 28.3. The molecule has 0 saturated carbocycles. The van der Waals surface area contributed by atoms with E-state index in [2.05, 4.69) is 375 Å². The Labute approximate surface area is 637 Å². The molecule has 8 nitrogen and oxygen atoms in total. The SMILES string of the molecule is Cc1ccccc1-c1cc2c3ccc4ccccc4c3n(C)c2c[n+]1C.Cc1ccccc1-c1ccc2c(c3cc4ccccc4cc3n2C)[n+]1C.[2H]C(C)(C)c1ccc2cc3c4cc(-c5ccccc5C)[n+](C)cc4n(C)c3cc2c1.[2H]C([2H])([2H])c1ccc(-c2ccc3c(c4c5ccccc5ccc4n3C)[n+]2C)c(C)c1. The van der Waals surface area contributed by atoms with Crippen LogP contribution < -0.4 is 18.3 Å². The van der Waals surface area contributed by atoms with Crippen molar-refractivity contribution in [1.82, 2.24) is 18.3 Å². The molecule has 0 saturated heterocycles. The third-order valence-corrected chi connectivity index (χ3v) is 23.1. The molecule has 0 N–H and O–H groups in total. The predicted octanol–water partition coefficient (Wildman–Crippen LogP) is 22.6. The Hall–Kier alpha value is -12.5. The van der Waals surface area contributed by atoms with E-state index in [0.29, 0.717) is 5.56 Å². The first-order valence-electron chi connectivity index (χ1n) is 39.3. The lowest BCUT2D eigenvalue weighted by Crippen LogP contribution is -2.32. The van der Waals surface area contributed by atoms with Crippen LogP contribution in [-0.2, 0) is 56.4 Å². The van der Waals surface area contributed by atoms with Gasteiger partial charge in [0, 0.05) is 113 Å². The van der Waals surface area contributed by atoms with Gasteiger partial charge in [-0.25, -0.2) is 0 Å². The predicted molar refractivity (Wildman–Crippen MR) is 456 cm³/mol. The Morgan fingerprint density at radius 1 is 0.306 bits per heavy atom. The van der Waals surface area contributed by atoms with Crippen LogP contribution in [-0.4, -0.2) is 18.3 Å². The summed E-state index contributed by atoms with van der Waals surface area (Å²) in [4.78, 5) is 0. The van der Waals surface area contributed by atoms with Crippen LogP contribution in [0.15, 0.2) is 279 Å². The van der Waals surface area contributed by atoms with E-state index in [4.69, 9.17) is 5.48 Å². The molecule has 0 unspecified atom stereocenters. The minimum absolute atomic E-state index is 0.378. The second-order valence-corrected chi connectivity index (χ2v) is 29.9. The van der Waals surface area contributed by atoms with E-state index in [9.17, 15) is 0 Å². The largest absolute Gasteiger partial charge is 0.339 e. The van der Waals surface area contributed by atoms with Crippen molar-refractivity contribution in [3.8, 4) is 45.0 Å². The number of nitrogens with zero attached hydrogens (tertiary/aromatic N) is 8. The summed E-state index contributed by atoms with van der Waals surface area (Å²) in [7, 11) is 17.1. The summed E-state index contributed by atoms with van der Waals surface area (Å²) < 4.78 is 49.7. The molecule has 108 heavy (non-hydrogen) atoms. The van der Waals surface area contributed by atoms with Gasteiger partial charge in [0.1, 0.15) is 50.3 Å². The highest BCUT2D eigenvalue weighted by atomic mass is 15.0. The van der Waals surface area contributed by atoms with E-state index in [0.717, 1.165) is 22.4 Å². The molecule has 8 aromatic heterocycles. The number of benzene rings is 12. The summed E-state index contributed by atoms with van der Waals surface area (Å²) in [6, 6.07) is 94.8. The molecule has 8 heterocycles. The van der Waals surface area contributed by atoms with Gasteiger partial charge in [0.25, 0.3) is 0 Å². The standard InChI is InChI=1S/C27H27N2.C25H23N2.2C24H21N2/c1-17(2)19-10-11-20-13-23-24-15-25(22-9-7-6-8-18(22)3)28(4)16-27(24)29(5)26(23)14-21(20)12-19;1-16-9-11-19(17(2)15-16)21-13-14-23-25(27(21)4)24-20-8-6-5-7-18(20)10-12-22(24)26(23)3;1-16-8-4-7-11-19(16)21-12-13-22-24(26(21)3)20-14-17-9-5-6-10-18(17)15-23(20)25(22)2;1-16-8-4-6-10-18(16)22-14-21-20-13-12-17-9-5-7-11-19(17)24(20)26(3)23(21)15-25(22)2/h6-17H,1-5H3;5-15H,1-4H3;2*4-15H,1-3H3/q4*+1/i17D;1D3;;. The molecule has 0 radical (unpaired) electrons. The molecule has 20 rings (SSSR count). The van der Waals surface area contributed by atoms with Gasteiger partial charge in [-0.15, -0.1) is 0 Å². The van der Waals surface area contributed by atoms with E-state index >= 15 is 0 Å². The summed E-state index contributed by atoms with van der Waals surface area (Å²) in [5.74, 6) is -0.599. The lowest BCUT2D eigenvalue weighted by molar-refractivity contribution is -0.659. The molecular formula is C100H92N8+4. The normalized spacial score (nSPS) is 12.5. The van der Waals surface area contributed by atoms with Crippen molar-refractivity contribution >= 4 is 131 Å². The Morgan fingerprint density at radius 3 is 1.35 bits per heavy atom. The highest BCUT2D eigenvalue weighted by Gasteiger charge is 2.27. The molecule has 0 fully saturated rings. The molecule has 0 spiro atoms. The fourth-order valence-electron chi connectivity index (χ4n) is 17.2. The van der Waals surface area contributed by atoms with Crippen LogP contribution in [0.25, 0.3) is 176 Å². The van der Waals surface area contributed by atoms with Gasteiger partial charge in [0.05, 0.1) is 27.3 Å². The first-order chi connectivity index (χ1) is 53.8. The molecule has 0 atom stereocenters. The lowest BCUT2D eigenvalue weighted by atomic mass is 9.98. The average Bonchev–Trinajstić information content (AvgIpc) is 1.60. The van der Waals surface area contributed by atoms with Crippen LogP contribution in [0.5, 0.6) is 0 Å². The zero-order valence-electron chi connectivity index (χ0n) is 68.1. The maximum atomic E-state index is 8.38. The van der Waals surface area contributed by atoms with Crippen LogP contribution >= 0.6 is 0 Å². The molecule has 528 valence electrons. The van der Waals surface area contributed by atoms with Gasteiger partial charge in [-0.3, -0.25) is 0 Å². The fourth-order valence-corrected chi connectivity index (χ4v) is 17.2. The van der Waals surface area contributed by atoms with Gasteiger partial charge in [-0.05, 0) is 173 Å². The van der Waals surface area contributed by atoms with Crippen molar-refractivity contribution in [2.24, 2.45) is 56.4 Å². The highest BCUT2D eigenvalue weighted by Crippen LogP contribution is 2.40. The molecule has 0 aliphatic heterocycles. The third-order valence-electron chi connectivity index (χ3n) is 23.1. The molecule has 0 aliphatic rings. The molecular weight excluding hydrogens is 1310 g/mol. The molecule has 20 aromatic rings. The maximum absolute atomic E-state index is 8.38. The van der Waals surface area contributed by atoms with Gasteiger partial charge in [-0.1, -0.05) is 195 Å². The van der Waals surface area contributed by atoms with Crippen molar-refractivity contribution in [2.45, 2.75) is 54.3 Å². The average molecular weight is 1410 g/mol. The molecule has 0 amide bonds. The van der Waals surface area contributed by atoms with Crippen LogP contribution in [0.2, 0.25) is 0 Å². The number of aryl methyl sites for hydroxylation is 13. The highest BCUT2D eigenvalue weighted by molar-refractivity contribution is 6.20. The Kier molecular flexibility index (Phi) is 16.0. The Balaban J connectivity index is 0.000000109. The number of fused-ring (bicyclic) bond motifs is 18. The topological polar surface area (TPSA) is 35.2 Å². The monoisotopic (exact) mass is 1410 g/mol. The second-order valence-electron chi connectivity index (χ2n) is 29.9. The van der Waals surface area contributed by atoms with E-state index in [1.807, 2.05) is 26.8 Å². The molecule has 0 aliphatic carbocycles. The number of pyridine rings is 4. The van der Waals surface area contributed by atoms with Gasteiger partial charge < -0.3 is 18.3 Å². The van der Waals surface area contributed by atoms with Crippen LogP contribution in [0.4, 0.5) is 0 Å². The van der Waals surface area contributed by atoms with Gasteiger partial charge in [-0.2, -0.15) is 18.3 Å². The molecule has 8 heteroatoms. The van der Waals surface area contributed by atoms with Gasteiger partial charge in [0.15, 0.2) is 12.4 Å². The summed E-state index contributed by atoms with van der Waals surface area (Å²) >= 11 is 0. The Morgan fingerprint density at radius 2 is 0.741 bits per heavy atom. The minimum atomic E-state index is -2.09. The van der Waals surface area contributed by atoms with Crippen molar-refractivity contribution in [2.75, 3.05) is 0 Å². The van der Waals surface area contributed by atoms with Crippen LogP contribution in [0.3, 0.4) is 0 Å². The second kappa shape index (κ2) is 27.1. The van der Waals surface area contributed by atoms with Gasteiger partial charge in [0.2, 0.25) is 33.8 Å². The van der Waals surface area contributed by atoms with E-state index < -0.39 is 12.7 Å². The smallest absolute Gasteiger partial charge is 0.239 e. The van der Waals surface area contributed by atoms with Crippen molar-refractivity contribution in [3.63, 3.8) is 0 Å². The van der Waals surface area contributed by atoms with E-state index in [1.165, 1.54) is 181 Å². The summed E-state index contributed by atoms with van der Waals surface area (Å²) in [6.07, 6.45) is 4.49. The molecule has 12 aromatic carbocycles. The first-order valence-corrected chi connectivity index (χ1v) is 37.3. The van der Waals surface area contributed by atoms with Gasteiger partial charge >= 0.3 is 0 Å². The van der Waals surface area contributed by atoms with Crippen molar-refractivity contribution < 1.29 is 23.8 Å². The zero-order valence-corrected chi connectivity index (χ0v) is 64.1. The zero-order chi connectivity index (χ0) is 78.1.